The molecule has 0 bridgehead atoms. The van der Waals surface area contributed by atoms with Crippen molar-refractivity contribution >= 4 is 23.4 Å². The third-order valence-electron chi connectivity index (χ3n) is 5.63. The molecule has 1 atom stereocenters. The lowest BCUT2D eigenvalue weighted by Gasteiger charge is -2.17. The summed E-state index contributed by atoms with van der Waals surface area (Å²) < 4.78 is 5.63. The standard InChI is InChI=1S/C30H27N3O2S/c1-4-35-28-13-9-8-12-26(28)32-29(34)21(3)36-30-25(19-31)24(22-16-14-20(2)15-17-22)18-27(33-30)23-10-6-5-7-11-23/h5-18,21H,4H2,1-3H3,(H,32,34). The maximum atomic E-state index is 13.1. The van der Waals surface area contributed by atoms with Crippen LogP contribution < -0.4 is 10.1 Å². The van der Waals surface area contributed by atoms with Gasteiger partial charge in [-0.3, -0.25) is 4.79 Å². The second kappa shape index (κ2) is 11.6. The van der Waals surface area contributed by atoms with E-state index in [0.29, 0.717) is 28.6 Å². The van der Waals surface area contributed by atoms with Gasteiger partial charge in [0.15, 0.2) is 0 Å². The summed E-state index contributed by atoms with van der Waals surface area (Å²) in [4.78, 5) is 18.0. The molecule has 3 aromatic carbocycles. The van der Waals surface area contributed by atoms with Crippen LogP contribution in [0.2, 0.25) is 0 Å². The number of pyridine rings is 1. The van der Waals surface area contributed by atoms with Gasteiger partial charge < -0.3 is 10.1 Å². The summed E-state index contributed by atoms with van der Waals surface area (Å²) in [7, 11) is 0. The van der Waals surface area contributed by atoms with E-state index in [0.717, 1.165) is 27.9 Å². The summed E-state index contributed by atoms with van der Waals surface area (Å²) in [6.45, 7) is 6.24. The first-order valence-corrected chi connectivity index (χ1v) is 12.6. The number of hydrogen-bond acceptors (Lipinski definition) is 5. The van der Waals surface area contributed by atoms with Crippen molar-refractivity contribution in [1.29, 1.82) is 5.26 Å². The van der Waals surface area contributed by atoms with Crippen molar-refractivity contribution in [2.75, 3.05) is 11.9 Å². The number of aromatic nitrogens is 1. The summed E-state index contributed by atoms with van der Waals surface area (Å²) in [5.41, 5.74) is 5.63. The molecule has 5 nitrogen and oxygen atoms in total. The van der Waals surface area contributed by atoms with Gasteiger partial charge in [-0.1, -0.05) is 84.1 Å². The molecule has 1 heterocycles. The zero-order valence-corrected chi connectivity index (χ0v) is 21.3. The van der Waals surface area contributed by atoms with Crippen LogP contribution in [0.3, 0.4) is 0 Å². The Morgan fingerprint density at radius 1 is 1.03 bits per heavy atom. The molecular weight excluding hydrogens is 466 g/mol. The van der Waals surface area contributed by atoms with Gasteiger partial charge in [-0.25, -0.2) is 4.98 Å². The predicted octanol–water partition coefficient (Wildman–Crippen LogP) is 7.11. The van der Waals surface area contributed by atoms with Crippen molar-refractivity contribution in [1.82, 2.24) is 4.98 Å². The lowest BCUT2D eigenvalue weighted by molar-refractivity contribution is -0.115. The smallest absolute Gasteiger partial charge is 0.237 e. The molecule has 0 aliphatic heterocycles. The van der Waals surface area contributed by atoms with Crippen LogP contribution in [-0.4, -0.2) is 22.7 Å². The molecule has 0 spiro atoms. The Morgan fingerprint density at radius 3 is 2.42 bits per heavy atom. The van der Waals surface area contributed by atoms with E-state index in [-0.39, 0.29) is 5.91 Å². The monoisotopic (exact) mass is 493 g/mol. The highest BCUT2D eigenvalue weighted by molar-refractivity contribution is 8.00. The summed E-state index contributed by atoms with van der Waals surface area (Å²) in [6, 6.07) is 29.6. The number of anilines is 1. The fourth-order valence-electron chi connectivity index (χ4n) is 3.74. The molecule has 1 unspecified atom stereocenters. The minimum absolute atomic E-state index is 0.195. The van der Waals surface area contributed by atoms with Gasteiger partial charge in [-0.15, -0.1) is 0 Å². The van der Waals surface area contributed by atoms with Crippen LogP contribution >= 0.6 is 11.8 Å². The lowest BCUT2D eigenvalue weighted by atomic mass is 9.98. The Balaban J connectivity index is 1.70. The van der Waals surface area contributed by atoms with Crippen LogP contribution in [0.4, 0.5) is 5.69 Å². The molecule has 4 rings (SSSR count). The van der Waals surface area contributed by atoms with E-state index in [1.54, 1.807) is 0 Å². The predicted molar refractivity (Wildman–Crippen MR) is 146 cm³/mol. The third-order valence-corrected chi connectivity index (χ3v) is 6.72. The fraction of sp³-hybridized carbons (Fsp3) is 0.167. The van der Waals surface area contributed by atoms with Crippen molar-refractivity contribution in [3.8, 4) is 34.2 Å². The van der Waals surface area contributed by atoms with Crippen molar-refractivity contribution in [2.24, 2.45) is 0 Å². The maximum Gasteiger partial charge on any atom is 0.237 e. The molecule has 4 aromatic rings. The van der Waals surface area contributed by atoms with Gasteiger partial charge in [-0.2, -0.15) is 5.26 Å². The summed E-state index contributed by atoms with van der Waals surface area (Å²) in [5, 5.41) is 13.1. The molecule has 1 N–H and O–H groups in total. The van der Waals surface area contributed by atoms with E-state index in [9.17, 15) is 10.1 Å². The van der Waals surface area contributed by atoms with Crippen LogP contribution in [0, 0.1) is 18.3 Å². The van der Waals surface area contributed by atoms with Gasteiger partial charge in [0.05, 0.1) is 28.8 Å². The quantitative estimate of drug-likeness (QED) is 0.265. The van der Waals surface area contributed by atoms with E-state index in [2.05, 4.69) is 11.4 Å². The average Bonchev–Trinajstić information content (AvgIpc) is 2.90. The molecule has 0 saturated heterocycles. The summed E-state index contributed by atoms with van der Waals surface area (Å²) in [5.74, 6) is 0.425. The van der Waals surface area contributed by atoms with Crippen molar-refractivity contribution in [3.05, 3.63) is 96.1 Å². The van der Waals surface area contributed by atoms with E-state index < -0.39 is 5.25 Å². The molecule has 36 heavy (non-hydrogen) atoms. The van der Waals surface area contributed by atoms with Gasteiger partial charge in [0.2, 0.25) is 5.91 Å². The second-order valence-electron chi connectivity index (χ2n) is 8.26. The molecule has 0 aliphatic rings. The number of carbonyl (C=O) groups excluding carboxylic acids is 1. The molecule has 0 aliphatic carbocycles. The molecular formula is C30H27N3O2S. The highest BCUT2D eigenvalue weighted by Crippen LogP contribution is 2.36. The molecule has 6 heteroatoms. The molecule has 180 valence electrons. The number of rotatable bonds is 8. The van der Waals surface area contributed by atoms with Gasteiger partial charge >= 0.3 is 0 Å². The number of ether oxygens (including phenoxy) is 1. The van der Waals surface area contributed by atoms with Gasteiger partial charge in [0.1, 0.15) is 16.8 Å². The van der Waals surface area contributed by atoms with Crippen LogP contribution in [0.5, 0.6) is 5.75 Å². The zero-order valence-electron chi connectivity index (χ0n) is 20.5. The first kappa shape index (κ1) is 25.0. The Hall–Kier alpha value is -4.08. The van der Waals surface area contributed by atoms with Crippen molar-refractivity contribution in [3.63, 3.8) is 0 Å². The number of nitrogens with one attached hydrogen (secondary N) is 1. The Labute approximate surface area is 216 Å². The second-order valence-corrected chi connectivity index (χ2v) is 9.59. The average molecular weight is 494 g/mol. The molecule has 0 radical (unpaired) electrons. The largest absolute Gasteiger partial charge is 0.492 e. The number of thioether (sulfide) groups is 1. The van der Waals surface area contributed by atoms with Crippen LogP contribution in [-0.2, 0) is 4.79 Å². The van der Waals surface area contributed by atoms with E-state index in [1.807, 2.05) is 106 Å². The SMILES string of the molecule is CCOc1ccccc1NC(=O)C(C)Sc1nc(-c2ccccc2)cc(-c2ccc(C)cc2)c1C#N. The first-order valence-electron chi connectivity index (χ1n) is 11.8. The highest BCUT2D eigenvalue weighted by atomic mass is 32.2. The third kappa shape index (κ3) is 5.76. The number of amides is 1. The number of hydrogen-bond donors (Lipinski definition) is 1. The normalized spacial score (nSPS) is 11.4. The number of nitriles is 1. The molecule has 0 fully saturated rings. The zero-order chi connectivity index (χ0) is 25.5. The van der Waals surface area contributed by atoms with Crippen molar-refractivity contribution < 1.29 is 9.53 Å². The minimum atomic E-state index is -0.504. The Kier molecular flexibility index (Phi) is 8.04. The van der Waals surface area contributed by atoms with Gasteiger partial charge in [0.25, 0.3) is 0 Å². The molecule has 1 aromatic heterocycles. The topological polar surface area (TPSA) is 75.0 Å². The van der Waals surface area contributed by atoms with Crippen LogP contribution in [0.15, 0.2) is 90.0 Å². The summed E-state index contributed by atoms with van der Waals surface area (Å²) in [6.07, 6.45) is 0. The highest BCUT2D eigenvalue weighted by Gasteiger charge is 2.22. The number of nitrogens with zero attached hydrogens (tertiary/aromatic N) is 2. The van der Waals surface area contributed by atoms with Crippen molar-refractivity contribution in [2.45, 2.75) is 31.0 Å². The maximum absolute atomic E-state index is 13.1. The van der Waals surface area contributed by atoms with Gasteiger partial charge in [-0.05, 0) is 44.5 Å². The fourth-order valence-corrected chi connectivity index (χ4v) is 4.66. The summed E-state index contributed by atoms with van der Waals surface area (Å²) >= 11 is 1.28. The van der Waals surface area contributed by atoms with Crippen LogP contribution in [0.1, 0.15) is 25.0 Å². The van der Waals surface area contributed by atoms with Gasteiger partial charge in [0, 0.05) is 11.1 Å². The minimum Gasteiger partial charge on any atom is -0.492 e. The Morgan fingerprint density at radius 2 is 1.72 bits per heavy atom. The molecule has 0 saturated carbocycles. The number of para-hydroxylation sites is 2. The number of benzene rings is 3. The number of carbonyl (C=O) groups is 1. The lowest BCUT2D eigenvalue weighted by Crippen LogP contribution is -2.23. The van der Waals surface area contributed by atoms with E-state index in [4.69, 9.17) is 9.72 Å². The Bertz CT molecular complexity index is 1400. The van der Waals surface area contributed by atoms with E-state index >= 15 is 0 Å². The van der Waals surface area contributed by atoms with Crippen LogP contribution in [0.25, 0.3) is 22.4 Å². The van der Waals surface area contributed by atoms with E-state index in [1.165, 1.54) is 11.8 Å². The number of aryl methyl sites for hydroxylation is 1. The first-order chi connectivity index (χ1) is 17.5. The molecule has 1 amide bonds.